The number of benzene rings is 3. The molecule has 0 radical (unpaired) electrons. The molecule has 1 heterocycles. The summed E-state index contributed by atoms with van der Waals surface area (Å²) < 4.78 is 5.78. The maximum atomic E-state index is 13.7. The molecule has 5 nitrogen and oxygen atoms in total. The van der Waals surface area contributed by atoms with Gasteiger partial charge in [0.15, 0.2) is 22.4 Å². The number of hydrogen-bond acceptors (Lipinski definition) is 4. The van der Waals surface area contributed by atoms with Crippen molar-refractivity contribution in [1.82, 2.24) is 10.6 Å². The number of nitrogens with one attached hydrogen (secondary N) is 2. The molecule has 0 spiro atoms. The minimum absolute atomic E-state index is 0.00837. The van der Waals surface area contributed by atoms with Crippen LogP contribution in [0.15, 0.2) is 82.8 Å². The quantitative estimate of drug-likeness (QED) is 0.343. The Morgan fingerprint density at radius 2 is 1.71 bits per heavy atom. The van der Waals surface area contributed by atoms with E-state index in [0.29, 0.717) is 32.2 Å². The Balaban J connectivity index is 1.96. The van der Waals surface area contributed by atoms with Gasteiger partial charge < -0.3 is 20.5 Å². The number of ketones is 1. The molecule has 7 heteroatoms. The van der Waals surface area contributed by atoms with Crippen LogP contribution in [0.2, 0.25) is 0 Å². The van der Waals surface area contributed by atoms with Crippen LogP contribution in [0.5, 0.6) is 11.5 Å². The molecule has 0 amide bonds. The predicted octanol–water partition coefficient (Wildman–Crippen LogP) is 4.98. The van der Waals surface area contributed by atoms with Crippen molar-refractivity contribution >= 4 is 44.7 Å². The summed E-state index contributed by atoms with van der Waals surface area (Å²) >= 11 is 8.85. The molecule has 3 N–H and O–H groups in total. The Hall–Kier alpha value is -3.16. The molecule has 1 aliphatic rings. The standard InChI is InChI=1S/C24H19BrN2O3S/c1-30-18-13-16(12-17(25)23(18)29)21-19(22(28)15-10-6-3-7-11-15)20(26-24(31)27-21)14-8-4-2-5-9-14/h2-13,21,29H,1H3,(H2,26,27,31)/t21-/m1/s1. The highest BCUT2D eigenvalue weighted by Crippen LogP contribution is 2.40. The van der Waals surface area contributed by atoms with Crippen LogP contribution < -0.4 is 15.4 Å². The number of phenols is 1. The number of phenolic OH excluding ortho intramolecular Hbond substituents is 1. The minimum Gasteiger partial charge on any atom is -0.503 e. The average molecular weight is 495 g/mol. The van der Waals surface area contributed by atoms with Gasteiger partial charge in [0.05, 0.1) is 28.9 Å². The van der Waals surface area contributed by atoms with Crippen molar-refractivity contribution in [2.24, 2.45) is 0 Å². The van der Waals surface area contributed by atoms with Crippen molar-refractivity contribution in [3.8, 4) is 11.5 Å². The number of carbonyl (C=O) groups is 1. The van der Waals surface area contributed by atoms with E-state index < -0.39 is 6.04 Å². The first-order chi connectivity index (χ1) is 15.0. The van der Waals surface area contributed by atoms with E-state index in [1.807, 2.05) is 48.5 Å². The lowest BCUT2D eigenvalue weighted by atomic mass is 9.87. The Bertz CT molecular complexity index is 1180. The van der Waals surface area contributed by atoms with Crippen molar-refractivity contribution in [2.75, 3.05) is 7.11 Å². The number of aromatic hydroxyl groups is 1. The molecular weight excluding hydrogens is 476 g/mol. The van der Waals surface area contributed by atoms with E-state index in [-0.39, 0.29) is 11.5 Å². The number of thiocarbonyl (C=S) groups is 1. The highest BCUT2D eigenvalue weighted by Gasteiger charge is 2.33. The fourth-order valence-electron chi connectivity index (χ4n) is 3.55. The van der Waals surface area contributed by atoms with Crippen LogP contribution in [0.1, 0.15) is 27.5 Å². The molecule has 0 saturated heterocycles. The Morgan fingerprint density at radius 3 is 2.35 bits per heavy atom. The minimum atomic E-state index is -0.553. The van der Waals surface area contributed by atoms with Crippen LogP contribution in [0.4, 0.5) is 0 Å². The first-order valence-corrected chi connectivity index (χ1v) is 10.7. The van der Waals surface area contributed by atoms with Crippen LogP contribution >= 0.6 is 28.1 Å². The van der Waals surface area contributed by atoms with Crippen molar-refractivity contribution in [3.63, 3.8) is 0 Å². The predicted molar refractivity (Wildman–Crippen MR) is 128 cm³/mol. The van der Waals surface area contributed by atoms with Gasteiger partial charge >= 0.3 is 0 Å². The van der Waals surface area contributed by atoms with Crippen molar-refractivity contribution < 1.29 is 14.6 Å². The Kier molecular flexibility index (Phi) is 6.06. The third-order valence-corrected chi connectivity index (χ3v) is 5.84. The summed E-state index contributed by atoms with van der Waals surface area (Å²) in [5.41, 5.74) is 3.30. The van der Waals surface area contributed by atoms with Gasteiger partial charge in [-0.15, -0.1) is 0 Å². The SMILES string of the molecule is COc1cc([C@H]2NC(=S)NC(c3ccccc3)=C2C(=O)c2ccccc2)cc(Br)c1O. The number of Topliss-reactive ketones (excluding diaryl/α,β-unsaturated/α-hetero) is 1. The Labute approximate surface area is 193 Å². The summed E-state index contributed by atoms with van der Waals surface area (Å²) in [5, 5.41) is 17.0. The molecule has 3 aromatic rings. The smallest absolute Gasteiger partial charge is 0.193 e. The van der Waals surface area contributed by atoms with E-state index in [0.717, 1.165) is 11.1 Å². The van der Waals surface area contributed by atoms with Crippen molar-refractivity contribution in [1.29, 1.82) is 0 Å². The lowest BCUT2D eigenvalue weighted by Crippen LogP contribution is -2.45. The van der Waals surface area contributed by atoms with Gasteiger partial charge in [0, 0.05) is 5.56 Å². The molecule has 1 atom stereocenters. The van der Waals surface area contributed by atoms with Gasteiger partial charge in [0.25, 0.3) is 0 Å². The molecule has 0 aliphatic carbocycles. The van der Waals surface area contributed by atoms with Crippen LogP contribution in [-0.4, -0.2) is 23.1 Å². The van der Waals surface area contributed by atoms with E-state index in [2.05, 4.69) is 26.6 Å². The topological polar surface area (TPSA) is 70.6 Å². The fraction of sp³-hybridized carbons (Fsp3) is 0.0833. The number of rotatable bonds is 5. The zero-order valence-corrected chi connectivity index (χ0v) is 19.0. The second-order valence-corrected chi connectivity index (χ2v) is 8.20. The summed E-state index contributed by atoms with van der Waals surface area (Å²) in [6.07, 6.45) is 0. The number of methoxy groups -OCH3 is 1. The molecule has 1 aliphatic heterocycles. The lowest BCUT2D eigenvalue weighted by molar-refractivity contribution is 0.102. The molecule has 4 rings (SSSR count). The van der Waals surface area contributed by atoms with Gasteiger partial charge in [-0.05, 0) is 51.4 Å². The third kappa shape index (κ3) is 4.19. The van der Waals surface area contributed by atoms with E-state index in [1.54, 1.807) is 24.3 Å². The molecule has 0 aromatic heterocycles. The largest absolute Gasteiger partial charge is 0.503 e. The molecule has 3 aromatic carbocycles. The monoisotopic (exact) mass is 494 g/mol. The van der Waals surface area contributed by atoms with E-state index >= 15 is 0 Å². The first kappa shape index (κ1) is 21.1. The van der Waals surface area contributed by atoms with Crippen molar-refractivity contribution in [3.05, 3.63) is 99.5 Å². The van der Waals surface area contributed by atoms with Crippen LogP contribution in [-0.2, 0) is 0 Å². The van der Waals surface area contributed by atoms with Gasteiger partial charge in [-0.25, -0.2) is 0 Å². The molecule has 156 valence electrons. The Morgan fingerprint density at radius 1 is 1.06 bits per heavy atom. The second-order valence-electron chi connectivity index (χ2n) is 6.93. The van der Waals surface area contributed by atoms with E-state index in [1.165, 1.54) is 7.11 Å². The summed E-state index contributed by atoms with van der Waals surface area (Å²) in [4.78, 5) is 13.7. The van der Waals surface area contributed by atoms with Gasteiger partial charge in [-0.3, -0.25) is 4.79 Å². The summed E-state index contributed by atoms with van der Waals surface area (Å²) in [6, 6.07) is 21.6. The summed E-state index contributed by atoms with van der Waals surface area (Å²) in [6.45, 7) is 0. The van der Waals surface area contributed by atoms with Crippen molar-refractivity contribution in [2.45, 2.75) is 6.04 Å². The van der Waals surface area contributed by atoms with Crippen LogP contribution in [0, 0.1) is 0 Å². The van der Waals surface area contributed by atoms with E-state index in [9.17, 15) is 9.90 Å². The number of halogens is 1. The van der Waals surface area contributed by atoms with Gasteiger partial charge in [-0.1, -0.05) is 60.7 Å². The van der Waals surface area contributed by atoms with Crippen LogP contribution in [0.25, 0.3) is 5.70 Å². The first-order valence-electron chi connectivity index (χ1n) is 9.53. The van der Waals surface area contributed by atoms with E-state index in [4.69, 9.17) is 17.0 Å². The van der Waals surface area contributed by atoms with Gasteiger partial charge in [0.2, 0.25) is 0 Å². The molecule has 0 unspecified atom stereocenters. The highest BCUT2D eigenvalue weighted by atomic mass is 79.9. The molecule has 31 heavy (non-hydrogen) atoms. The van der Waals surface area contributed by atoms with Gasteiger partial charge in [0.1, 0.15) is 0 Å². The average Bonchev–Trinajstić information content (AvgIpc) is 2.81. The molecule has 0 fully saturated rings. The maximum absolute atomic E-state index is 13.7. The molecule has 0 saturated carbocycles. The normalized spacial score (nSPS) is 15.8. The molecular formula is C24H19BrN2O3S. The highest BCUT2D eigenvalue weighted by molar-refractivity contribution is 9.10. The lowest BCUT2D eigenvalue weighted by Gasteiger charge is -2.32. The summed E-state index contributed by atoms with van der Waals surface area (Å²) in [5.74, 6) is 0.157. The van der Waals surface area contributed by atoms with Gasteiger partial charge in [-0.2, -0.15) is 0 Å². The number of hydrogen-bond donors (Lipinski definition) is 3. The number of ether oxygens (including phenoxy) is 1. The fourth-order valence-corrected chi connectivity index (χ4v) is 4.23. The summed E-state index contributed by atoms with van der Waals surface area (Å²) in [7, 11) is 1.48. The molecule has 0 bridgehead atoms. The third-order valence-electron chi connectivity index (χ3n) is 5.02. The second kappa shape index (κ2) is 8.91. The number of carbonyl (C=O) groups excluding carboxylic acids is 1. The zero-order valence-electron chi connectivity index (χ0n) is 16.6. The van der Waals surface area contributed by atoms with Crippen LogP contribution in [0.3, 0.4) is 0 Å². The maximum Gasteiger partial charge on any atom is 0.193 e. The zero-order chi connectivity index (χ0) is 22.0.